The Morgan fingerprint density at radius 2 is 2.26 bits per heavy atom. The van der Waals surface area contributed by atoms with Gasteiger partial charge in [-0.2, -0.15) is 0 Å². The molecule has 2 unspecified atom stereocenters. The monoisotopic (exact) mass is 268 g/mol. The lowest BCUT2D eigenvalue weighted by molar-refractivity contribution is -0.266. The molecular weight excluding hydrogens is 244 g/mol. The molecule has 0 spiro atoms. The van der Waals surface area contributed by atoms with Crippen LogP contribution < -0.4 is 0 Å². The molecule has 0 bridgehead atoms. The van der Waals surface area contributed by atoms with Crippen molar-refractivity contribution in [3.63, 3.8) is 0 Å². The first-order chi connectivity index (χ1) is 9.09. The predicted octanol–water partition coefficient (Wildman–Crippen LogP) is 2.82. The zero-order valence-electron chi connectivity index (χ0n) is 11.9. The van der Waals surface area contributed by atoms with E-state index >= 15 is 0 Å². The fourth-order valence-electron chi connectivity index (χ4n) is 3.51. The first kappa shape index (κ1) is 14.5. The van der Waals surface area contributed by atoms with Crippen LogP contribution in [-0.4, -0.2) is 31.1 Å². The zero-order chi connectivity index (χ0) is 13.9. The van der Waals surface area contributed by atoms with E-state index in [1.165, 1.54) is 0 Å². The van der Waals surface area contributed by atoms with E-state index in [-0.39, 0.29) is 11.4 Å². The van der Waals surface area contributed by atoms with Crippen LogP contribution in [0.1, 0.15) is 46.0 Å². The van der Waals surface area contributed by atoms with Crippen molar-refractivity contribution in [3.05, 3.63) is 12.7 Å². The van der Waals surface area contributed by atoms with Gasteiger partial charge in [0.05, 0.1) is 13.2 Å². The van der Waals surface area contributed by atoms with Gasteiger partial charge in [0, 0.05) is 11.8 Å². The molecule has 1 saturated carbocycles. The van der Waals surface area contributed by atoms with Gasteiger partial charge in [-0.15, -0.1) is 6.58 Å². The van der Waals surface area contributed by atoms with Crippen LogP contribution in [0, 0.1) is 5.41 Å². The highest BCUT2D eigenvalue weighted by atomic mass is 16.7. The van der Waals surface area contributed by atoms with Crippen molar-refractivity contribution in [2.75, 3.05) is 13.2 Å². The van der Waals surface area contributed by atoms with Gasteiger partial charge in [-0.25, -0.2) is 4.79 Å². The maximum atomic E-state index is 11.8. The second-order valence-corrected chi connectivity index (χ2v) is 5.49. The summed E-state index contributed by atoms with van der Waals surface area (Å²) in [5.74, 6) is -0.931. The van der Waals surface area contributed by atoms with Crippen LogP contribution in [0.15, 0.2) is 12.7 Å². The van der Waals surface area contributed by atoms with E-state index in [2.05, 4.69) is 6.58 Å². The number of carbonyl (C=O) groups is 1. The summed E-state index contributed by atoms with van der Waals surface area (Å²) in [7, 11) is 0. The molecule has 1 saturated heterocycles. The third-order valence-electron chi connectivity index (χ3n) is 4.41. The van der Waals surface area contributed by atoms with E-state index in [0.717, 1.165) is 32.1 Å². The summed E-state index contributed by atoms with van der Waals surface area (Å²) in [6.07, 6.45) is 6.22. The van der Waals surface area contributed by atoms with Gasteiger partial charge in [0.2, 0.25) is 0 Å². The highest BCUT2D eigenvalue weighted by molar-refractivity contribution is 5.74. The number of hydrogen-bond donors (Lipinski definition) is 0. The molecule has 0 aromatic rings. The average molecular weight is 268 g/mol. The van der Waals surface area contributed by atoms with Crippen LogP contribution >= 0.6 is 0 Å². The summed E-state index contributed by atoms with van der Waals surface area (Å²) in [6.45, 7) is 8.46. The number of rotatable bonds is 6. The summed E-state index contributed by atoms with van der Waals surface area (Å²) < 4.78 is 17.0. The van der Waals surface area contributed by atoms with Crippen LogP contribution in [0.25, 0.3) is 0 Å². The number of esters is 1. The Morgan fingerprint density at radius 1 is 1.47 bits per heavy atom. The topological polar surface area (TPSA) is 44.8 Å². The fourth-order valence-corrected chi connectivity index (χ4v) is 3.51. The van der Waals surface area contributed by atoms with E-state index in [4.69, 9.17) is 14.2 Å². The average Bonchev–Trinajstić information content (AvgIpc) is 2.84. The van der Waals surface area contributed by atoms with E-state index in [1.807, 2.05) is 6.08 Å². The van der Waals surface area contributed by atoms with Crippen molar-refractivity contribution >= 4 is 5.97 Å². The minimum atomic E-state index is -0.618. The molecule has 1 aliphatic heterocycles. The second kappa shape index (κ2) is 5.63. The Bertz CT molecular complexity index is 340. The summed E-state index contributed by atoms with van der Waals surface area (Å²) >= 11 is 0. The van der Waals surface area contributed by atoms with Gasteiger partial charge < -0.3 is 14.2 Å². The molecule has 4 heteroatoms. The first-order valence-electron chi connectivity index (χ1n) is 7.18. The van der Waals surface area contributed by atoms with Crippen molar-refractivity contribution in [2.45, 2.75) is 57.8 Å². The molecule has 3 atom stereocenters. The lowest BCUT2D eigenvalue weighted by Crippen LogP contribution is -2.46. The Labute approximate surface area is 115 Å². The molecule has 1 aliphatic carbocycles. The lowest BCUT2D eigenvalue weighted by Gasteiger charge is -2.39. The summed E-state index contributed by atoms with van der Waals surface area (Å²) in [6, 6.07) is 0. The van der Waals surface area contributed by atoms with Crippen LogP contribution in [0.4, 0.5) is 0 Å². The van der Waals surface area contributed by atoms with Crippen molar-refractivity contribution < 1.29 is 19.0 Å². The molecule has 108 valence electrons. The van der Waals surface area contributed by atoms with Gasteiger partial charge >= 0.3 is 5.97 Å². The predicted molar refractivity (Wildman–Crippen MR) is 71.6 cm³/mol. The van der Waals surface area contributed by atoms with Crippen molar-refractivity contribution in [1.82, 2.24) is 0 Å². The summed E-state index contributed by atoms with van der Waals surface area (Å²) in [5.41, 5.74) is -0.00446. The van der Waals surface area contributed by atoms with Gasteiger partial charge in [-0.1, -0.05) is 6.08 Å². The van der Waals surface area contributed by atoms with Gasteiger partial charge in [0.25, 0.3) is 0 Å². The minimum absolute atomic E-state index is 0.00446. The number of allylic oxidation sites excluding steroid dienone is 1. The molecule has 0 amide bonds. The third-order valence-corrected chi connectivity index (χ3v) is 4.41. The molecule has 0 N–H and O–H groups in total. The molecule has 4 nitrogen and oxygen atoms in total. The van der Waals surface area contributed by atoms with Gasteiger partial charge in [0.15, 0.2) is 11.9 Å². The van der Waals surface area contributed by atoms with E-state index in [1.54, 1.807) is 13.8 Å². The number of carbonyl (C=O) groups excluding carboxylic acids is 1. The Balaban J connectivity index is 2.12. The SMILES string of the molecule is C=CCC12CCC[C@@]1(OC(C)C(=O)OCC)OCC2. The van der Waals surface area contributed by atoms with E-state index in [9.17, 15) is 4.79 Å². The molecule has 0 aromatic carbocycles. The minimum Gasteiger partial charge on any atom is -0.464 e. The molecule has 1 heterocycles. The quantitative estimate of drug-likeness (QED) is 0.549. The van der Waals surface area contributed by atoms with E-state index in [0.29, 0.717) is 13.2 Å². The van der Waals surface area contributed by atoms with Gasteiger partial charge in [-0.05, 0) is 39.5 Å². The number of fused-ring (bicyclic) bond motifs is 1. The molecule has 19 heavy (non-hydrogen) atoms. The molecule has 0 radical (unpaired) electrons. The van der Waals surface area contributed by atoms with Crippen LogP contribution in [0.5, 0.6) is 0 Å². The van der Waals surface area contributed by atoms with E-state index < -0.39 is 11.9 Å². The smallest absolute Gasteiger partial charge is 0.335 e. The molecule has 2 fully saturated rings. The Kier molecular flexibility index (Phi) is 4.31. The molecule has 2 rings (SSSR count). The van der Waals surface area contributed by atoms with Gasteiger partial charge in [-0.3, -0.25) is 0 Å². The Morgan fingerprint density at radius 3 is 2.95 bits per heavy atom. The standard InChI is InChI=1S/C15H24O4/c1-4-7-14-8-6-9-15(14,18-11-10-14)19-12(3)13(16)17-5-2/h4,12H,1,5-11H2,2-3H3/t12?,14?,15-/m0/s1. The van der Waals surface area contributed by atoms with Gasteiger partial charge in [0.1, 0.15) is 0 Å². The highest BCUT2D eigenvalue weighted by Gasteiger charge is 2.60. The summed E-state index contributed by atoms with van der Waals surface area (Å²) in [4.78, 5) is 11.8. The normalized spacial score (nSPS) is 34.8. The van der Waals surface area contributed by atoms with Crippen LogP contribution in [0.2, 0.25) is 0 Å². The zero-order valence-corrected chi connectivity index (χ0v) is 11.9. The summed E-state index contributed by atoms with van der Waals surface area (Å²) in [5, 5.41) is 0. The maximum Gasteiger partial charge on any atom is 0.335 e. The largest absolute Gasteiger partial charge is 0.464 e. The van der Waals surface area contributed by atoms with Crippen LogP contribution in [0.3, 0.4) is 0 Å². The molecular formula is C15H24O4. The maximum absolute atomic E-state index is 11.8. The Hall–Kier alpha value is -0.870. The molecule has 0 aromatic heterocycles. The number of hydrogen-bond acceptors (Lipinski definition) is 4. The third kappa shape index (κ3) is 2.43. The van der Waals surface area contributed by atoms with Crippen molar-refractivity contribution in [1.29, 1.82) is 0 Å². The van der Waals surface area contributed by atoms with Crippen LogP contribution in [-0.2, 0) is 19.0 Å². The first-order valence-corrected chi connectivity index (χ1v) is 7.18. The highest BCUT2D eigenvalue weighted by Crippen LogP contribution is 2.58. The van der Waals surface area contributed by atoms with Crippen molar-refractivity contribution in [3.8, 4) is 0 Å². The lowest BCUT2D eigenvalue weighted by atomic mass is 9.77. The fraction of sp³-hybridized carbons (Fsp3) is 0.800. The van der Waals surface area contributed by atoms with Crippen molar-refractivity contribution in [2.24, 2.45) is 5.41 Å². The second-order valence-electron chi connectivity index (χ2n) is 5.49. The number of ether oxygens (including phenoxy) is 3. The molecule has 2 aliphatic rings.